The Bertz CT molecular complexity index is 887. The van der Waals surface area contributed by atoms with Gasteiger partial charge in [-0.2, -0.15) is 0 Å². The molecule has 26 heavy (non-hydrogen) atoms. The normalized spacial score (nSPS) is 21.7. The molecule has 2 aliphatic rings. The maximum atomic E-state index is 13.0. The van der Waals surface area contributed by atoms with E-state index in [-0.39, 0.29) is 12.5 Å². The molecule has 7 heteroatoms. The van der Waals surface area contributed by atoms with Crippen LogP contribution in [0.2, 0.25) is 5.02 Å². The van der Waals surface area contributed by atoms with Crippen molar-refractivity contribution < 1.29 is 19.1 Å². The van der Waals surface area contributed by atoms with Crippen LogP contribution >= 0.6 is 11.6 Å². The third-order valence-corrected chi connectivity index (χ3v) is 4.90. The van der Waals surface area contributed by atoms with Gasteiger partial charge in [-0.3, -0.25) is 9.69 Å². The van der Waals surface area contributed by atoms with Gasteiger partial charge in [0.2, 0.25) is 0 Å². The van der Waals surface area contributed by atoms with Crippen molar-refractivity contribution in [3.05, 3.63) is 58.6 Å². The molecule has 1 N–H and O–H groups in total. The van der Waals surface area contributed by atoms with E-state index in [0.29, 0.717) is 35.3 Å². The van der Waals surface area contributed by atoms with Crippen molar-refractivity contribution in [2.75, 3.05) is 13.2 Å². The van der Waals surface area contributed by atoms with Gasteiger partial charge >= 0.3 is 6.03 Å². The number of nitrogens with zero attached hydrogens (tertiary/aromatic N) is 1. The summed E-state index contributed by atoms with van der Waals surface area (Å²) in [6, 6.07) is 12.2. The van der Waals surface area contributed by atoms with Crippen LogP contribution in [0.25, 0.3) is 0 Å². The van der Waals surface area contributed by atoms with Crippen LogP contribution in [0.3, 0.4) is 0 Å². The van der Waals surface area contributed by atoms with Crippen LogP contribution in [-0.2, 0) is 16.9 Å². The minimum atomic E-state index is -1.09. The fourth-order valence-electron chi connectivity index (χ4n) is 3.25. The van der Waals surface area contributed by atoms with Gasteiger partial charge in [0.15, 0.2) is 11.5 Å². The van der Waals surface area contributed by atoms with Crippen molar-refractivity contribution in [2.45, 2.75) is 19.0 Å². The van der Waals surface area contributed by atoms with E-state index in [1.165, 1.54) is 4.90 Å². The third kappa shape index (κ3) is 2.66. The molecule has 0 spiro atoms. The molecule has 1 fully saturated rings. The average Bonchev–Trinajstić information content (AvgIpc) is 2.87. The number of amides is 3. The molecule has 3 amide bonds. The summed E-state index contributed by atoms with van der Waals surface area (Å²) >= 11 is 6.25. The molecule has 1 atom stereocenters. The molecule has 0 bridgehead atoms. The van der Waals surface area contributed by atoms with Gasteiger partial charge in [0, 0.05) is 0 Å². The van der Waals surface area contributed by atoms with Crippen LogP contribution < -0.4 is 14.8 Å². The second kappa shape index (κ2) is 6.21. The summed E-state index contributed by atoms with van der Waals surface area (Å²) < 4.78 is 11.1. The summed E-state index contributed by atoms with van der Waals surface area (Å²) in [7, 11) is 0. The second-order valence-corrected chi connectivity index (χ2v) is 6.82. The molecule has 0 radical (unpaired) electrons. The van der Waals surface area contributed by atoms with Crippen LogP contribution in [0, 0.1) is 0 Å². The van der Waals surface area contributed by atoms with Crippen molar-refractivity contribution in [2.24, 2.45) is 0 Å². The molecular weight excluding hydrogens is 356 g/mol. The minimum Gasteiger partial charge on any atom is -0.486 e. The van der Waals surface area contributed by atoms with Crippen molar-refractivity contribution in [1.82, 2.24) is 10.2 Å². The van der Waals surface area contributed by atoms with Gasteiger partial charge < -0.3 is 14.8 Å². The zero-order chi connectivity index (χ0) is 18.3. The maximum absolute atomic E-state index is 13.0. The zero-order valence-corrected chi connectivity index (χ0v) is 14.9. The van der Waals surface area contributed by atoms with E-state index in [1.807, 2.05) is 30.3 Å². The average molecular weight is 373 g/mol. The Balaban J connectivity index is 1.62. The highest BCUT2D eigenvalue weighted by atomic mass is 35.5. The number of urea groups is 1. The predicted octanol–water partition coefficient (Wildman–Crippen LogP) is 3.08. The number of halogens is 1. The van der Waals surface area contributed by atoms with Gasteiger partial charge in [0.05, 0.1) is 11.6 Å². The number of fused-ring (bicyclic) bond motifs is 1. The number of hydrogen-bond donors (Lipinski definition) is 1. The summed E-state index contributed by atoms with van der Waals surface area (Å²) in [6.45, 7) is 2.68. The number of carbonyl (C=O) groups is 2. The highest BCUT2D eigenvalue weighted by Crippen LogP contribution is 2.39. The molecule has 2 heterocycles. The number of hydrogen-bond acceptors (Lipinski definition) is 4. The Morgan fingerprint density at radius 1 is 1.15 bits per heavy atom. The number of ether oxygens (including phenoxy) is 2. The molecule has 2 aromatic rings. The fourth-order valence-corrected chi connectivity index (χ4v) is 3.53. The summed E-state index contributed by atoms with van der Waals surface area (Å²) in [5, 5.41) is 3.19. The zero-order valence-electron chi connectivity index (χ0n) is 14.1. The first-order valence-corrected chi connectivity index (χ1v) is 8.64. The smallest absolute Gasteiger partial charge is 0.325 e. The first kappa shape index (κ1) is 16.7. The monoisotopic (exact) mass is 372 g/mol. The molecule has 0 saturated carbocycles. The Kier molecular flexibility index (Phi) is 4.00. The maximum Gasteiger partial charge on any atom is 0.325 e. The standard InChI is InChI=1S/C19H17ClN2O4/c1-19(13-5-3-2-4-6-13)17(23)22(18(24)21-19)11-12-9-14(20)16-15(10-12)25-7-8-26-16/h2-6,9-10H,7-8,11H2,1H3,(H,21,24)/t19-/m0/s1. The van der Waals surface area contributed by atoms with E-state index in [2.05, 4.69) is 5.32 Å². The SMILES string of the molecule is C[C@@]1(c2ccccc2)NC(=O)N(Cc2cc(Cl)c3c(c2)OCCO3)C1=O. The summed E-state index contributed by atoms with van der Waals surface area (Å²) in [6.07, 6.45) is 0. The van der Waals surface area contributed by atoms with Gasteiger partial charge in [-0.15, -0.1) is 0 Å². The third-order valence-electron chi connectivity index (χ3n) is 4.62. The second-order valence-electron chi connectivity index (χ2n) is 6.41. The Labute approximate surface area is 155 Å². The predicted molar refractivity (Wildman–Crippen MR) is 95.3 cm³/mol. The molecule has 6 nitrogen and oxygen atoms in total. The molecule has 134 valence electrons. The number of rotatable bonds is 3. The van der Waals surface area contributed by atoms with Crippen molar-refractivity contribution in [1.29, 1.82) is 0 Å². The molecule has 0 unspecified atom stereocenters. The van der Waals surface area contributed by atoms with Crippen LogP contribution in [-0.4, -0.2) is 30.1 Å². The van der Waals surface area contributed by atoms with Crippen LogP contribution in [0.15, 0.2) is 42.5 Å². The van der Waals surface area contributed by atoms with Crippen molar-refractivity contribution in [3.63, 3.8) is 0 Å². The minimum absolute atomic E-state index is 0.101. The molecule has 2 aromatic carbocycles. The van der Waals surface area contributed by atoms with E-state index >= 15 is 0 Å². The molecule has 0 aliphatic carbocycles. The number of carbonyl (C=O) groups excluding carboxylic acids is 2. The lowest BCUT2D eigenvalue weighted by atomic mass is 9.92. The lowest BCUT2D eigenvalue weighted by molar-refractivity contribution is -0.131. The highest BCUT2D eigenvalue weighted by Gasteiger charge is 2.48. The largest absolute Gasteiger partial charge is 0.486 e. The number of nitrogens with one attached hydrogen (secondary N) is 1. The van der Waals surface area contributed by atoms with E-state index in [4.69, 9.17) is 21.1 Å². The van der Waals surface area contributed by atoms with Gasteiger partial charge in [-0.25, -0.2) is 4.79 Å². The molecule has 1 saturated heterocycles. The van der Waals surface area contributed by atoms with Gasteiger partial charge in [0.25, 0.3) is 5.91 Å². The molecule has 4 rings (SSSR count). The first-order chi connectivity index (χ1) is 12.5. The topological polar surface area (TPSA) is 67.9 Å². The van der Waals surface area contributed by atoms with Crippen LogP contribution in [0.1, 0.15) is 18.1 Å². The lowest BCUT2D eigenvalue weighted by Gasteiger charge is -2.23. The van der Waals surface area contributed by atoms with Crippen molar-refractivity contribution in [3.8, 4) is 11.5 Å². The summed E-state index contributed by atoms with van der Waals surface area (Å²) in [4.78, 5) is 26.6. The van der Waals surface area contributed by atoms with E-state index in [0.717, 1.165) is 5.56 Å². The molecular formula is C19H17ClN2O4. The van der Waals surface area contributed by atoms with Gasteiger partial charge in [0.1, 0.15) is 18.8 Å². The van der Waals surface area contributed by atoms with E-state index < -0.39 is 11.6 Å². The van der Waals surface area contributed by atoms with Crippen molar-refractivity contribution >= 4 is 23.5 Å². The fraction of sp³-hybridized carbons (Fsp3) is 0.263. The van der Waals surface area contributed by atoms with Gasteiger partial charge in [-0.05, 0) is 30.2 Å². The van der Waals surface area contributed by atoms with Gasteiger partial charge in [-0.1, -0.05) is 41.9 Å². The lowest BCUT2D eigenvalue weighted by Crippen LogP contribution is -2.40. The summed E-state index contributed by atoms with van der Waals surface area (Å²) in [5.74, 6) is 0.712. The van der Waals surface area contributed by atoms with Crippen LogP contribution in [0.4, 0.5) is 4.79 Å². The first-order valence-electron chi connectivity index (χ1n) is 8.27. The Hall–Kier alpha value is -2.73. The van der Waals surface area contributed by atoms with Crippen LogP contribution in [0.5, 0.6) is 11.5 Å². The van der Waals surface area contributed by atoms with E-state index in [9.17, 15) is 9.59 Å². The van der Waals surface area contributed by atoms with E-state index in [1.54, 1.807) is 19.1 Å². The number of imide groups is 1. The highest BCUT2D eigenvalue weighted by molar-refractivity contribution is 6.32. The molecule has 0 aromatic heterocycles. The quantitative estimate of drug-likeness (QED) is 0.841. The Morgan fingerprint density at radius 3 is 2.65 bits per heavy atom. The summed E-state index contributed by atoms with van der Waals surface area (Å²) in [5.41, 5.74) is 0.344. The molecule has 2 aliphatic heterocycles. The Morgan fingerprint density at radius 2 is 1.88 bits per heavy atom. The number of benzene rings is 2.